The summed E-state index contributed by atoms with van der Waals surface area (Å²) in [5.74, 6) is 0.542. The molecule has 37 heavy (non-hydrogen) atoms. The number of halogens is 3. The van der Waals surface area contributed by atoms with Gasteiger partial charge in [-0.25, -0.2) is 0 Å². The maximum Gasteiger partial charge on any atom is 0.423 e. The third-order valence-corrected chi connectivity index (χ3v) is 7.36. The quantitative estimate of drug-likeness (QED) is 0.337. The molecule has 2 aromatic carbocycles. The first-order valence-electron chi connectivity index (χ1n) is 12.5. The van der Waals surface area contributed by atoms with Gasteiger partial charge >= 0.3 is 6.18 Å². The van der Waals surface area contributed by atoms with Crippen LogP contribution in [0.4, 0.5) is 30.2 Å². The fourth-order valence-electron chi connectivity index (χ4n) is 5.20. The number of phenolic OH excluding ortho intramolecular Hbond substituents is 1. The topological polar surface area (TPSA) is 108 Å². The number of carbonyl (C=O) groups excluding carboxylic acids is 1. The van der Waals surface area contributed by atoms with Crippen molar-refractivity contribution in [1.29, 1.82) is 0 Å². The van der Waals surface area contributed by atoms with Gasteiger partial charge in [0.1, 0.15) is 11.3 Å². The van der Waals surface area contributed by atoms with Gasteiger partial charge in [-0.2, -0.15) is 13.2 Å². The number of amides is 1. The van der Waals surface area contributed by atoms with Crippen molar-refractivity contribution in [1.82, 2.24) is 5.32 Å². The summed E-state index contributed by atoms with van der Waals surface area (Å²) in [6.45, 7) is 2.41. The van der Waals surface area contributed by atoms with Crippen molar-refractivity contribution in [2.45, 2.75) is 50.7 Å². The maximum atomic E-state index is 13.2. The molecule has 1 saturated heterocycles. The van der Waals surface area contributed by atoms with E-state index in [2.05, 4.69) is 15.5 Å². The molecule has 0 atom stereocenters. The first-order valence-corrected chi connectivity index (χ1v) is 12.5. The summed E-state index contributed by atoms with van der Waals surface area (Å²) in [6.07, 6.45) is -0.384. The molecular formula is C26H31F3N4O4. The van der Waals surface area contributed by atoms with Crippen LogP contribution in [0, 0.1) is 22.0 Å². The molecule has 2 aliphatic rings. The van der Waals surface area contributed by atoms with Crippen LogP contribution in [0.2, 0.25) is 0 Å². The summed E-state index contributed by atoms with van der Waals surface area (Å²) in [7, 11) is 0. The number of phenols is 1. The molecule has 0 radical (unpaired) electrons. The van der Waals surface area contributed by atoms with Gasteiger partial charge in [0.05, 0.1) is 4.92 Å². The maximum absolute atomic E-state index is 13.2. The second kappa shape index (κ2) is 11.3. The molecule has 1 aliphatic heterocycles. The van der Waals surface area contributed by atoms with Crippen molar-refractivity contribution in [3.63, 3.8) is 0 Å². The first kappa shape index (κ1) is 26.6. The fraction of sp³-hybridized carbons (Fsp3) is 0.500. The van der Waals surface area contributed by atoms with Gasteiger partial charge in [-0.1, -0.05) is 0 Å². The molecule has 2 fully saturated rings. The molecule has 1 heterocycles. The largest absolute Gasteiger partial charge is 0.508 e. The van der Waals surface area contributed by atoms with Crippen LogP contribution in [-0.4, -0.2) is 41.6 Å². The van der Waals surface area contributed by atoms with Crippen molar-refractivity contribution in [2.75, 3.05) is 29.9 Å². The number of nitrogens with zero attached hydrogens (tertiary/aromatic N) is 2. The number of carbonyl (C=O) groups is 1. The number of rotatable bonds is 7. The third-order valence-electron chi connectivity index (χ3n) is 7.36. The molecular weight excluding hydrogens is 489 g/mol. The van der Waals surface area contributed by atoms with Crippen LogP contribution < -0.4 is 15.5 Å². The van der Waals surface area contributed by atoms with Crippen LogP contribution >= 0.6 is 0 Å². The summed E-state index contributed by atoms with van der Waals surface area (Å²) >= 11 is 0. The molecule has 0 bridgehead atoms. The van der Waals surface area contributed by atoms with E-state index in [1.54, 1.807) is 12.1 Å². The Bertz CT molecular complexity index is 1090. The molecule has 1 aliphatic carbocycles. The van der Waals surface area contributed by atoms with Crippen LogP contribution in [0.5, 0.6) is 5.75 Å². The van der Waals surface area contributed by atoms with E-state index in [1.807, 2.05) is 12.1 Å². The van der Waals surface area contributed by atoms with Crippen LogP contribution in [0.1, 0.15) is 44.1 Å². The third kappa shape index (κ3) is 6.84. The smallest absolute Gasteiger partial charge is 0.423 e. The standard InChI is InChI=1S/C26H31F3N4O4/c27-26(28,29)23-15-20(5-10-24(23)33(36)37)31-19-3-1-18(2-4-19)25(35)30-16-17-11-13-32(14-12-17)21-6-8-22(34)9-7-21/h5-10,15,17-19,31,34H,1-4,11-14,16H2,(H,30,35). The molecule has 0 spiro atoms. The number of hydrogen-bond acceptors (Lipinski definition) is 6. The highest BCUT2D eigenvalue weighted by Gasteiger charge is 2.38. The first-order chi connectivity index (χ1) is 17.6. The van der Waals surface area contributed by atoms with Gasteiger partial charge in [0.2, 0.25) is 5.91 Å². The number of benzene rings is 2. The molecule has 0 unspecified atom stereocenters. The highest BCUT2D eigenvalue weighted by atomic mass is 19.4. The minimum absolute atomic E-state index is 0.0223. The number of nitrogens with one attached hydrogen (secondary N) is 2. The van der Waals surface area contributed by atoms with Gasteiger partial charge in [-0.15, -0.1) is 0 Å². The van der Waals surface area contributed by atoms with E-state index in [1.165, 1.54) is 6.07 Å². The Labute approximate surface area is 213 Å². The second-order valence-electron chi connectivity index (χ2n) is 9.87. The summed E-state index contributed by atoms with van der Waals surface area (Å²) in [5.41, 5.74) is -0.979. The van der Waals surface area contributed by atoms with Crippen molar-refractivity contribution >= 4 is 23.0 Å². The lowest BCUT2D eigenvalue weighted by Gasteiger charge is -2.34. The lowest BCUT2D eigenvalue weighted by atomic mass is 9.85. The molecule has 11 heteroatoms. The molecule has 3 N–H and O–H groups in total. The lowest BCUT2D eigenvalue weighted by Crippen LogP contribution is -2.41. The van der Waals surface area contributed by atoms with Crippen LogP contribution in [0.25, 0.3) is 0 Å². The molecule has 2 aromatic rings. The zero-order valence-electron chi connectivity index (χ0n) is 20.3. The normalized spacial score (nSPS) is 20.9. The molecule has 1 saturated carbocycles. The Morgan fingerprint density at radius 3 is 2.27 bits per heavy atom. The van der Waals surface area contributed by atoms with Gasteiger partial charge < -0.3 is 20.6 Å². The minimum atomic E-state index is -4.82. The molecule has 4 rings (SSSR count). The average Bonchev–Trinajstić information content (AvgIpc) is 2.88. The van der Waals surface area contributed by atoms with Crippen LogP contribution in [-0.2, 0) is 11.0 Å². The molecule has 200 valence electrons. The van der Waals surface area contributed by atoms with E-state index in [0.29, 0.717) is 38.1 Å². The highest BCUT2D eigenvalue weighted by Crippen LogP contribution is 2.38. The summed E-state index contributed by atoms with van der Waals surface area (Å²) in [4.78, 5) is 24.9. The van der Waals surface area contributed by atoms with Gasteiger partial charge in [0, 0.05) is 49.0 Å². The molecule has 8 nitrogen and oxygen atoms in total. The Balaban J connectivity index is 1.20. The minimum Gasteiger partial charge on any atom is -0.508 e. The van der Waals surface area contributed by atoms with E-state index < -0.39 is 22.4 Å². The zero-order valence-corrected chi connectivity index (χ0v) is 20.3. The monoisotopic (exact) mass is 520 g/mol. The average molecular weight is 521 g/mol. The van der Waals surface area contributed by atoms with E-state index in [0.717, 1.165) is 43.8 Å². The number of nitro groups is 1. The number of alkyl halides is 3. The Hall–Kier alpha value is -3.50. The van der Waals surface area contributed by atoms with E-state index >= 15 is 0 Å². The zero-order chi connectivity index (χ0) is 26.6. The number of anilines is 2. The molecule has 1 amide bonds. The van der Waals surface area contributed by atoms with Crippen LogP contribution in [0.3, 0.4) is 0 Å². The van der Waals surface area contributed by atoms with Gasteiger partial charge in [-0.05, 0) is 80.8 Å². The fourth-order valence-corrected chi connectivity index (χ4v) is 5.20. The molecule has 0 aromatic heterocycles. The van der Waals surface area contributed by atoms with Gasteiger partial charge in [0.25, 0.3) is 5.69 Å². The Morgan fingerprint density at radius 2 is 1.68 bits per heavy atom. The SMILES string of the molecule is O=C(NCC1CCN(c2ccc(O)cc2)CC1)C1CCC(Nc2ccc([N+](=O)[O-])c(C(F)(F)F)c2)CC1. The van der Waals surface area contributed by atoms with E-state index in [-0.39, 0.29) is 29.3 Å². The van der Waals surface area contributed by atoms with Crippen molar-refractivity contribution in [3.8, 4) is 5.75 Å². The van der Waals surface area contributed by atoms with Gasteiger partial charge in [-0.3, -0.25) is 14.9 Å². The van der Waals surface area contributed by atoms with Crippen LogP contribution in [0.15, 0.2) is 42.5 Å². The lowest BCUT2D eigenvalue weighted by molar-refractivity contribution is -0.388. The highest BCUT2D eigenvalue weighted by molar-refractivity contribution is 5.78. The second-order valence-corrected chi connectivity index (χ2v) is 9.87. The van der Waals surface area contributed by atoms with Crippen molar-refractivity contribution < 1.29 is 28.0 Å². The van der Waals surface area contributed by atoms with Gasteiger partial charge in [0.15, 0.2) is 0 Å². The number of nitro benzene ring substituents is 1. The number of aromatic hydroxyl groups is 1. The summed E-state index contributed by atoms with van der Waals surface area (Å²) < 4.78 is 39.7. The number of piperidine rings is 1. The summed E-state index contributed by atoms with van der Waals surface area (Å²) in [5, 5.41) is 26.5. The van der Waals surface area contributed by atoms with E-state index in [9.17, 15) is 33.2 Å². The Morgan fingerprint density at radius 1 is 1.03 bits per heavy atom. The predicted molar refractivity (Wildman–Crippen MR) is 134 cm³/mol. The Kier molecular flexibility index (Phi) is 8.09. The van der Waals surface area contributed by atoms with Crippen molar-refractivity contribution in [2.24, 2.45) is 11.8 Å². The van der Waals surface area contributed by atoms with Crippen molar-refractivity contribution in [3.05, 3.63) is 58.1 Å². The summed E-state index contributed by atoms with van der Waals surface area (Å²) in [6, 6.07) is 10.0. The number of hydrogen-bond donors (Lipinski definition) is 3. The predicted octanol–water partition coefficient (Wildman–Crippen LogP) is 5.32. The van der Waals surface area contributed by atoms with E-state index in [4.69, 9.17) is 0 Å².